The van der Waals surface area contributed by atoms with E-state index >= 15 is 0 Å². The highest BCUT2D eigenvalue weighted by molar-refractivity contribution is 6.00. The molecule has 3 aliphatic rings. The predicted octanol–water partition coefficient (Wildman–Crippen LogP) is 7.00. The average molecular weight is 839 g/mol. The number of rotatable bonds is 8. The molecule has 0 radical (unpaired) electrons. The number of esters is 1. The number of allylic oxidation sites excluding steroid dienone is 2. The van der Waals surface area contributed by atoms with Crippen molar-refractivity contribution in [2.75, 3.05) is 26.8 Å². The van der Waals surface area contributed by atoms with E-state index in [0.29, 0.717) is 12.1 Å². The lowest BCUT2D eigenvalue weighted by Crippen LogP contribution is -2.60. The highest BCUT2D eigenvalue weighted by atomic mass is 16.7. The molecule has 1 aromatic rings. The first-order chi connectivity index (χ1) is 28.0. The Morgan fingerprint density at radius 1 is 1.05 bits per heavy atom. The van der Waals surface area contributed by atoms with E-state index in [0.717, 1.165) is 24.1 Å². The fourth-order valence-electron chi connectivity index (χ4n) is 9.13. The molecule has 3 heterocycles. The third-order valence-corrected chi connectivity index (χ3v) is 12.7. The van der Waals surface area contributed by atoms with Gasteiger partial charge in [-0.3, -0.25) is 14.4 Å². The van der Waals surface area contributed by atoms with Gasteiger partial charge >= 0.3 is 5.97 Å². The zero-order valence-corrected chi connectivity index (χ0v) is 38.5. The average Bonchev–Trinajstić information content (AvgIpc) is 3.19. The van der Waals surface area contributed by atoms with Crippen LogP contribution in [0.25, 0.3) is 6.08 Å². The number of hydrogen-bond donors (Lipinski definition) is 2. The molecule has 3 fully saturated rings. The lowest BCUT2D eigenvalue weighted by atomic mass is 9.73. The van der Waals surface area contributed by atoms with Crippen molar-refractivity contribution in [1.29, 1.82) is 0 Å². The zero-order chi connectivity index (χ0) is 44.7. The molecule has 0 saturated carbocycles. The van der Waals surface area contributed by atoms with Gasteiger partial charge in [0.25, 0.3) is 0 Å². The van der Waals surface area contributed by atoms with Crippen molar-refractivity contribution in [2.24, 2.45) is 34.1 Å². The second-order valence-corrected chi connectivity index (χ2v) is 19.3. The molecule has 0 aromatic heterocycles. The van der Waals surface area contributed by atoms with E-state index in [4.69, 9.17) is 23.7 Å². The largest absolute Gasteiger partial charge is 0.459 e. The Morgan fingerprint density at radius 3 is 2.33 bits per heavy atom. The molecule has 12 heteroatoms. The third kappa shape index (κ3) is 12.5. The number of likely N-dealkylation sites (N-methyl/N-ethyl adjacent to an activating group) is 1. The Balaban J connectivity index is 1.93. The number of cyclic esters (lactones) is 1. The van der Waals surface area contributed by atoms with Gasteiger partial charge < -0.3 is 38.8 Å². The molecule has 0 spiro atoms. The molecule has 1 aromatic carbocycles. The number of fused-ring (bicyclic) bond motifs is 5. The van der Waals surface area contributed by atoms with Crippen molar-refractivity contribution in [3.8, 4) is 0 Å². The summed E-state index contributed by atoms with van der Waals surface area (Å²) in [4.78, 5) is 48.2. The molecule has 4 rings (SSSR count). The quantitative estimate of drug-likeness (QED) is 0.206. The SMILES string of the molecule is CC[C@H]1OC(=O)[C@H](C)C(=O)[C@H](C)[C@@H](O[C@@H]2O[C@H](C)C[C@H](N(C)CCC(C)(C)C)[C@H]2O)[C@@]2(C)C[C@@H](C)/C(=N\C(C)=O)[C@H](C)[C@@H](OC/C(=C\C=C\c3ccccc3)CO2)[C@]1(C)O. The predicted molar refractivity (Wildman–Crippen MR) is 233 cm³/mol. The number of Topliss-reactive ketones (excluding diaryl/α,β-unsaturated/α-hetero) is 1. The van der Waals surface area contributed by atoms with Crippen molar-refractivity contribution in [3.63, 3.8) is 0 Å². The fourth-order valence-corrected chi connectivity index (χ4v) is 9.13. The second-order valence-electron chi connectivity index (χ2n) is 19.3. The van der Waals surface area contributed by atoms with E-state index in [1.165, 1.54) is 13.8 Å². The number of amides is 1. The first-order valence-corrected chi connectivity index (χ1v) is 21.9. The monoisotopic (exact) mass is 839 g/mol. The van der Waals surface area contributed by atoms with Gasteiger partial charge in [-0.1, -0.05) is 97.0 Å². The number of aliphatic hydroxyl groups is 2. The molecule has 1 amide bonds. The molecule has 2 bridgehead atoms. The van der Waals surface area contributed by atoms with Gasteiger partial charge in [-0.25, -0.2) is 4.99 Å². The Kier molecular flexibility index (Phi) is 17.2. The van der Waals surface area contributed by atoms with Gasteiger partial charge in [0.1, 0.15) is 23.7 Å². The molecule has 3 saturated heterocycles. The first kappa shape index (κ1) is 49.6. The van der Waals surface area contributed by atoms with E-state index in [2.05, 4.69) is 30.7 Å². The van der Waals surface area contributed by atoms with E-state index in [9.17, 15) is 24.6 Å². The molecule has 3 aliphatic heterocycles. The number of aliphatic imine (C=N–C) groups is 1. The van der Waals surface area contributed by atoms with Crippen LogP contribution in [0, 0.1) is 29.1 Å². The van der Waals surface area contributed by atoms with Crippen LogP contribution in [-0.2, 0) is 38.1 Å². The van der Waals surface area contributed by atoms with Crippen LogP contribution in [0.4, 0.5) is 0 Å². The Bertz CT molecular complexity index is 1700. The van der Waals surface area contributed by atoms with E-state index < -0.39 is 83.2 Å². The molecule has 2 N–H and O–H groups in total. The number of ketones is 1. The van der Waals surface area contributed by atoms with Crippen molar-refractivity contribution < 1.29 is 48.3 Å². The van der Waals surface area contributed by atoms with E-state index in [1.54, 1.807) is 20.8 Å². The van der Waals surface area contributed by atoms with E-state index in [-0.39, 0.29) is 43.6 Å². The van der Waals surface area contributed by atoms with Gasteiger partial charge in [0.2, 0.25) is 5.91 Å². The molecule has 336 valence electrons. The molecule has 12 nitrogen and oxygen atoms in total. The van der Waals surface area contributed by atoms with Gasteiger partial charge in [0.15, 0.2) is 12.1 Å². The summed E-state index contributed by atoms with van der Waals surface area (Å²) in [5, 5.41) is 24.5. The van der Waals surface area contributed by atoms with Crippen LogP contribution in [0.5, 0.6) is 0 Å². The first-order valence-electron chi connectivity index (χ1n) is 21.9. The number of carbonyl (C=O) groups excluding carboxylic acids is 3. The number of aliphatic hydroxyl groups excluding tert-OH is 1. The molecule has 60 heavy (non-hydrogen) atoms. The van der Waals surface area contributed by atoms with Gasteiger partial charge in [-0.05, 0) is 89.4 Å². The fraction of sp³-hybridized carbons (Fsp3) is 0.708. The van der Waals surface area contributed by atoms with Crippen LogP contribution in [0.1, 0.15) is 114 Å². The van der Waals surface area contributed by atoms with Crippen molar-refractivity contribution >= 4 is 29.4 Å². The normalized spacial score (nSPS) is 38.1. The Hall–Kier alpha value is -3.10. The number of ether oxygens (including phenoxy) is 5. The third-order valence-electron chi connectivity index (χ3n) is 12.7. The molecule has 0 aliphatic carbocycles. The second kappa shape index (κ2) is 20.8. The number of benzene rings is 1. The molecule has 13 atom stereocenters. The summed E-state index contributed by atoms with van der Waals surface area (Å²) < 4.78 is 33.1. The zero-order valence-electron chi connectivity index (χ0n) is 38.5. The summed E-state index contributed by atoms with van der Waals surface area (Å²) in [6, 6.07) is 9.56. The standard InChI is InChI=1S/C48H74N2O10/c1-14-38-48(12,55)43-31(4)39(49-34(7)51)29(2)26-47(11,57-28-36(27-56-43)22-18-21-35-19-16-15-17-20-35)42(32(5)40(52)33(6)44(54)59-38)60-45-41(53)37(25-30(3)58-45)50(13)24-23-46(8,9)10/h15-22,29-33,37-38,41-43,45,53,55H,14,23-28H2,1-13H3/b21-18+,36-22+,49-39+/t29-,30-,31+,32+,33-,37+,38-,41-,42-,43-,45+,47-,48-/m1/s1. The highest BCUT2D eigenvalue weighted by Crippen LogP contribution is 2.40. The number of hydrogen-bond acceptors (Lipinski definition) is 11. The van der Waals surface area contributed by atoms with Crippen LogP contribution >= 0.6 is 0 Å². The Labute approximate surface area is 359 Å². The summed E-state index contributed by atoms with van der Waals surface area (Å²) in [7, 11) is 2.00. The highest BCUT2D eigenvalue weighted by Gasteiger charge is 2.53. The summed E-state index contributed by atoms with van der Waals surface area (Å²) in [5.41, 5.74) is -0.826. The van der Waals surface area contributed by atoms with Crippen LogP contribution in [0.2, 0.25) is 0 Å². The Morgan fingerprint density at radius 2 is 1.72 bits per heavy atom. The van der Waals surface area contributed by atoms with Crippen molar-refractivity contribution in [1.82, 2.24) is 4.90 Å². The maximum absolute atomic E-state index is 14.6. The lowest BCUT2D eigenvalue weighted by molar-refractivity contribution is -0.297. The van der Waals surface area contributed by atoms with Crippen molar-refractivity contribution in [2.45, 2.75) is 163 Å². The number of nitrogens with zero attached hydrogens (tertiary/aromatic N) is 2. The van der Waals surface area contributed by atoms with Gasteiger partial charge in [0, 0.05) is 30.5 Å². The van der Waals surface area contributed by atoms with Gasteiger partial charge in [0.05, 0.1) is 37.1 Å². The minimum absolute atomic E-state index is 0.00738. The smallest absolute Gasteiger partial charge is 0.316 e. The van der Waals surface area contributed by atoms with Crippen LogP contribution in [0.15, 0.2) is 53.0 Å². The summed E-state index contributed by atoms with van der Waals surface area (Å²) in [5.74, 6) is -5.01. The maximum atomic E-state index is 14.6. The van der Waals surface area contributed by atoms with Gasteiger partial charge in [-0.2, -0.15) is 0 Å². The molecule has 0 unspecified atom stereocenters. The minimum atomic E-state index is -1.78. The summed E-state index contributed by atoms with van der Waals surface area (Å²) in [6.07, 6.45) is 2.01. The maximum Gasteiger partial charge on any atom is 0.316 e. The van der Waals surface area contributed by atoms with Crippen LogP contribution < -0.4 is 0 Å². The molecular formula is C48H74N2O10. The number of carbonyl (C=O) groups is 3. The lowest BCUT2D eigenvalue weighted by Gasteiger charge is -2.48. The van der Waals surface area contributed by atoms with Crippen LogP contribution in [-0.4, -0.2) is 119 Å². The van der Waals surface area contributed by atoms with Crippen LogP contribution in [0.3, 0.4) is 0 Å². The summed E-state index contributed by atoms with van der Waals surface area (Å²) in [6.45, 7) is 22.9. The minimum Gasteiger partial charge on any atom is -0.459 e. The summed E-state index contributed by atoms with van der Waals surface area (Å²) >= 11 is 0. The molecular weight excluding hydrogens is 765 g/mol. The van der Waals surface area contributed by atoms with Gasteiger partial charge in [-0.15, -0.1) is 0 Å². The topological polar surface area (TPSA) is 153 Å². The van der Waals surface area contributed by atoms with E-state index in [1.807, 2.05) is 83.3 Å². The van der Waals surface area contributed by atoms with Crippen molar-refractivity contribution in [3.05, 3.63) is 53.6 Å².